The second-order valence-corrected chi connectivity index (χ2v) is 9.82. The van der Waals surface area contributed by atoms with Crippen LogP contribution < -0.4 is 14.4 Å². The molecule has 0 radical (unpaired) electrons. The van der Waals surface area contributed by atoms with E-state index < -0.39 is 27.4 Å². The van der Waals surface area contributed by atoms with Crippen LogP contribution in [0.4, 0.5) is 11.4 Å². The van der Waals surface area contributed by atoms with E-state index in [1.165, 1.54) is 32.1 Å². The Bertz CT molecular complexity index is 1120. The van der Waals surface area contributed by atoms with Crippen molar-refractivity contribution in [2.24, 2.45) is 0 Å². The molecule has 1 fully saturated rings. The smallest absolute Gasteiger partial charge is 0.271 e. The molecule has 1 heterocycles. The molecule has 10 nitrogen and oxygen atoms in total. The standard InChI is InChI=1S/C22H28N4O6S/c1-32-21-10-9-19(26(28)29)13-20(21)25(33(2,30)31)16-22(27)23-14-17-7-3-4-8-18(17)15-24-11-5-6-12-24/h3-4,7-10,13H,5-6,11-12,14-16H2,1-2H3,(H,23,27). The lowest BCUT2D eigenvalue weighted by Crippen LogP contribution is -2.40. The molecule has 1 saturated heterocycles. The maximum Gasteiger partial charge on any atom is 0.271 e. The van der Waals surface area contributed by atoms with E-state index in [0.717, 1.165) is 47.4 Å². The third-order valence-corrected chi connectivity index (χ3v) is 6.64. The second-order valence-electron chi connectivity index (χ2n) is 7.91. The van der Waals surface area contributed by atoms with Crippen molar-refractivity contribution in [2.45, 2.75) is 25.9 Å². The number of nitrogens with one attached hydrogen (secondary N) is 1. The van der Waals surface area contributed by atoms with E-state index in [1.807, 2.05) is 24.3 Å². The summed E-state index contributed by atoms with van der Waals surface area (Å²) >= 11 is 0. The molecule has 1 aliphatic rings. The van der Waals surface area contributed by atoms with E-state index in [9.17, 15) is 23.3 Å². The fourth-order valence-electron chi connectivity index (χ4n) is 3.81. The van der Waals surface area contributed by atoms with Gasteiger partial charge in [0.15, 0.2) is 0 Å². The van der Waals surface area contributed by atoms with Gasteiger partial charge in [-0.05, 0) is 43.1 Å². The number of methoxy groups -OCH3 is 1. The molecule has 11 heteroatoms. The number of benzene rings is 2. The Morgan fingerprint density at radius 3 is 2.45 bits per heavy atom. The predicted molar refractivity (Wildman–Crippen MR) is 125 cm³/mol. The van der Waals surface area contributed by atoms with Gasteiger partial charge < -0.3 is 10.1 Å². The predicted octanol–water partition coefficient (Wildman–Crippen LogP) is 2.28. The first-order valence-electron chi connectivity index (χ1n) is 10.5. The Labute approximate surface area is 193 Å². The number of ether oxygens (including phenoxy) is 1. The summed E-state index contributed by atoms with van der Waals surface area (Å²) in [6.45, 7) is 2.60. The number of non-ortho nitro benzene ring substituents is 1. The van der Waals surface area contributed by atoms with Crippen molar-refractivity contribution in [1.82, 2.24) is 10.2 Å². The number of carbonyl (C=O) groups is 1. The highest BCUT2D eigenvalue weighted by molar-refractivity contribution is 7.92. The van der Waals surface area contributed by atoms with Gasteiger partial charge in [0, 0.05) is 25.2 Å². The lowest BCUT2D eigenvalue weighted by Gasteiger charge is -2.24. The van der Waals surface area contributed by atoms with Crippen molar-refractivity contribution in [3.8, 4) is 5.75 Å². The highest BCUT2D eigenvalue weighted by Crippen LogP contribution is 2.33. The number of amides is 1. The van der Waals surface area contributed by atoms with Gasteiger partial charge in [0.1, 0.15) is 18.0 Å². The molecule has 0 unspecified atom stereocenters. The zero-order valence-electron chi connectivity index (χ0n) is 18.7. The highest BCUT2D eigenvalue weighted by atomic mass is 32.2. The first-order valence-corrected chi connectivity index (χ1v) is 12.4. The van der Waals surface area contributed by atoms with Crippen LogP contribution in [-0.2, 0) is 27.9 Å². The van der Waals surface area contributed by atoms with Gasteiger partial charge in [-0.1, -0.05) is 24.3 Å². The molecule has 2 aromatic rings. The number of rotatable bonds is 10. The lowest BCUT2D eigenvalue weighted by molar-refractivity contribution is -0.384. The normalized spacial score (nSPS) is 14.1. The first kappa shape index (κ1) is 24.5. The minimum atomic E-state index is -3.93. The van der Waals surface area contributed by atoms with Crippen LogP contribution in [0.3, 0.4) is 0 Å². The van der Waals surface area contributed by atoms with Crippen LogP contribution in [-0.4, -0.2) is 57.1 Å². The van der Waals surface area contributed by atoms with Gasteiger partial charge in [0.05, 0.1) is 18.3 Å². The molecule has 2 aromatic carbocycles. The van der Waals surface area contributed by atoms with Crippen LogP contribution >= 0.6 is 0 Å². The number of nitro groups is 1. The van der Waals surface area contributed by atoms with Gasteiger partial charge in [-0.3, -0.25) is 24.1 Å². The van der Waals surface area contributed by atoms with Crippen LogP contribution in [0.25, 0.3) is 0 Å². The molecule has 0 saturated carbocycles. The number of hydrogen-bond acceptors (Lipinski definition) is 7. The van der Waals surface area contributed by atoms with Gasteiger partial charge in [-0.25, -0.2) is 8.42 Å². The Hall–Kier alpha value is -3.18. The number of sulfonamides is 1. The quantitative estimate of drug-likeness (QED) is 0.412. The summed E-state index contributed by atoms with van der Waals surface area (Å²) in [5.74, 6) is -0.431. The second kappa shape index (κ2) is 10.6. The molecule has 0 bridgehead atoms. The molecule has 1 aliphatic heterocycles. The zero-order chi connectivity index (χ0) is 24.0. The minimum absolute atomic E-state index is 0.0706. The van der Waals surface area contributed by atoms with Crippen molar-refractivity contribution in [3.63, 3.8) is 0 Å². The Morgan fingerprint density at radius 1 is 1.18 bits per heavy atom. The van der Waals surface area contributed by atoms with Crippen LogP contribution in [0.1, 0.15) is 24.0 Å². The number of nitro benzene ring substituents is 1. The SMILES string of the molecule is COc1ccc([N+](=O)[O-])cc1N(CC(=O)NCc1ccccc1CN1CCCC1)S(C)(=O)=O. The van der Waals surface area contributed by atoms with E-state index in [0.29, 0.717) is 0 Å². The third kappa shape index (κ3) is 6.42. The number of hydrogen-bond donors (Lipinski definition) is 1. The van der Waals surface area contributed by atoms with Gasteiger partial charge >= 0.3 is 0 Å². The largest absolute Gasteiger partial charge is 0.495 e. The van der Waals surface area contributed by atoms with Crippen molar-refractivity contribution in [3.05, 3.63) is 63.7 Å². The lowest BCUT2D eigenvalue weighted by atomic mass is 10.1. The monoisotopic (exact) mass is 476 g/mol. The maximum absolute atomic E-state index is 12.7. The molecule has 0 aromatic heterocycles. The molecule has 0 atom stereocenters. The minimum Gasteiger partial charge on any atom is -0.495 e. The van der Waals surface area contributed by atoms with Crippen LogP contribution in [0.5, 0.6) is 5.75 Å². The topological polar surface area (TPSA) is 122 Å². The molecule has 0 aliphatic carbocycles. The van der Waals surface area contributed by atoms with Crippen LogP contribution in [0.2, 0.25) is 0 Å². The molecule has 1 amide bonds. The zero-order valence-corrected chi connectivity index (χ0v) is 19.5. The number of carbonyl (C=O) groups excluding carboxylic acids is 1. The molecular weight excluding hydrogens is 448 g/mol. The van der Waals surface area contributed by atoms with Gasteiger partial charge in [-0.2, -0.15) is 0 Å². The average molecular weight is 477 g/mol. The molecule has 1 N–H and O–H groups in total. The molecule has 0 spiro atoms. The highest BCUT2D eigenvalue weighted by Gasteiger charge is 2.26. The average Bonchev–Trinajstić information content (AvgIpc) is 3.28. The number of anilines is 1. The summed E-state index contributed by atoms with van der Waals surface area (Å²) in [4.78, 5) is 25.6. The number of nitrogens with zero attached hydrogens (tertiary/aromatic N) is 3. The Balaban J connectivity index is 1.75. The van der Waals surface area contributed by atoms with Gasteiger partial charge in [0.2, 0.25) is 15.9 Å². The van der Waals surface area contributed by atoms with Crippen LogP contribution in [0, 0.1) is 10.1 Å². The Kier molecular flexibility index (Phi) is 7.88. The summed E-state index contributed by atoms with van der Waals surface area (Å²) in [5, 5.41) is 13.9. The van der Waals surface area contributed by atoms with Crippen molar-refractivity contribution >= 4 is 27.3 Å². The van der Waals surface area contributed by atoms with E-state index in [1.54, 1.807) is 0 Å². The molecule has 178 valence electrons. The first-order chi connectivity index (χ1) is 15.7. The molecular formula is C22H28N4O6S. The van der Waals surface area contributed by atoms with E-state index in [4.69, 9.17) is 4.74 Å². The Morgan fingerprint density at radius 2 is 1.85 bits per heavy atom. The number of likely N-dealkylation sites (tertiary alicyclic amines) is 1. The fourth-order valence-corrected chi connectivity index (χ4v) is 4.67. The summed E-state index contributed by atoms with van der Waals surface area (Å²) < 4.78 is 30.9. The van der Waals surface area contributed by atoms with E-state index in [2.05, 4.69) is 10.2 Å². The fraction of sp³-hybridized carbons (Fsp3) is 0.409. The van der Waals surface area contributed by atoms with Gasteiger partial charge in [-0.15, -0.1) is 0 Å². The summed E-state index contributed by atoms with van der Waals surface area (Å²) in [6, 6.07) is 11.4. The van der Waals surface area contributed by atoms with Crippen molar-refractivity contribution in [1.29, 1.82) is 0 Å². The molecule has 33 heavy (non-hydrogen) atoms. The summed E-state index contributed by atoms with van der Waals surface area (Å²) in [7, 11) is -2.61. The van der Waals surface area contributed by atoms with E-state index in [-0.39, 0.29) is 23.7 Å². The summed E-state index contributed by atoms with van der Waals surface area (Å²) in [6.07, 6.45) is 3.30. The van der Waals surface area contributed by atoms with Crippen LogP contribution in [0.15, 0.2) is 42.5 Å². The van der Waals surface area contributed by atoms with E-state index >= 15 is 0 Å². The maximum atomic E-state index is 12.7. The van der Waals surface area contributed by atoms with Gasteiger partial charge in [0.25, 0.3) is 5.69 Å². The van der Waals surface area contributed by atoms with Crippen molar-refractivity contribution in [2.75, 3.05) is 37.3 Å². The third-order valence-electron chi connectivity index (χ3n) is 5.52. The van der Waals surface area contributed by atoms with Crippen molar-refractivity contribution < 1.29 is 22.9 Å². The molecule has 3 rings (SSSR count). The summed E-state index contributed by atoms with van der Waals surface area (Å²) in [5.41, 5.74) is 1.69.